The number of likely N-dealkylation sites (N-methyl/N-ethyl adjacent to an activating group) is 1. The summed E-state index contributed by atoms with van der Waals surface area (Å²) in [7, 11) is 2.26. The first-order chi connectivity index (χ1) is 10.7. The van der Waals surface area contributed by atoms with Gasteiger partial charge in [-0.1, -0.05) is 32.0 Å². The lowest BCUT2D eigenvalue weighted by Gasteiger charge is -2.19. The molecule has 0 radical (unpaired) electrons. The summed E-state index contributed by atoms with van der Waals surface area (Å²) in [6.07, 6.45) is 5.03. The predicted octanol–water partition coefficient (Wildman–Crippen LogP) is 4.59. The van der Waals surface area contributed by atoms with E-state index < -0.39 is 0 Å². The second-order valence-electron chi connectivity index (χ2n) is 6.46. The maximum absolute atomic E-state index is 2.51. The zero-order valence-corrected chi connectivity index (χ0v) is 16.7. The van der Waals surface area contributed by atoms with Gasteiger partial charge in [-0.05, 0) is 51.2 Å². The van der Waals surface area contributed by atoms with Crippen molar-refractivity contribution < 1.29 is 0 Å². The molecule has 1 aliphatic rings. The van der Waals surface area contributed by atoms with Crippen molar-refractivity contribution >= 4 is 35.7 Å². The third kappa shape index (κ3) is 4.26. The molecule has 0 amide bonds. The first-order valence-electron chi connectivity index (χ1n) is 8.75. The molecule has 2 aromatic rings. The van der Waals surface area contributed by atoms with E-state index in [-0.39, 0.29) is 24.8 Å². The van der Waals surface area contributed by atoms with Crippen LogP contribution in [0.5, 0.6) is 0 Å². The molecule has 5 heteroatoms. The lowest BCUT2D eigenvalue weighted by atomic mass is 10.0. The maximum Gasteiger partial charge on any atom is 0.0484 e. The number of likely N-dealkylation sites (tertiary alicyclic amines) is 1. The van der Waals surface area contributed by atoms with Gasteiger partial charge in [-0.3, -0.25) is 4.90 Å². The molecule has 24 heavy (non-hydrogen) atoms. The molecular formula is C19H31Cl2N3. The van der Waals surface area contributed by atoms with Gasteiger partial charge in [0.25, 0.3) is 0 Å². The Morgan fingerprint density at radius 3 is 2.46 bits per heavy atom. The third-order valence-electron chi connectivity index (χ3n) is 5.25. The van der Waals surface area contributed by atoms with Crippen LogP contribution in [0.2, 0.25) is 0 Å². The first kappa shape index (κ1) is 21.3. The predicted molar refractivity (Wildman–Crippen MR) is 109 cm³/mol. The quantitative estimate of drug-likeness (QED) is 0.735. The van der Waals surface area contributed by atoms with Gasteiger partial charge in [-0.2, -0.15) is 0 Å². The average molecular weight is 372 g/mol. The van der Waals surface area contributed by atoms with E-state index in [1.807, 2.05) is 0 Å². The number of fused-ring (bicyclic) bond motifs is 1. The number of para-hydroxylation sites is 1. The summed E-state index contributed by atoms with van der Waals surface area (Å²) in [5.41, 5.74) is 2.92. The number of rotatable bonds is 6. The van der Waals surface area contributed by atoms with E-state index >= 15 is 0 Å². The summed E-state index contributed by atoms with van der Waals surface area (Å²) in [6, 6.07) is 9.51. The standard InChI is InChI=1S/C19H29N3.2ClH/c1-4-21(5-2)13-14-22-15-17(18-11-8-12-20(18)3)16-9-6-7-10-19(16)22;;/h6-7,9-10,15,18H,4-5,8,11-14H2,1-3H3;2*1H. The molecule has 1 fully saturated rings. The fraction of sp³-hybridized carbons (Fsp3) is 0.579. The number of hydrogen-bond acceptors (Lipinski definition) is 2. The van der Waals surface area contributed by atoms with E-state index in [1.165, 1.54) is 35.9 Å². The molecule has 1 saturated heterocycles. The lowest BCUT2D eigenvalue weighted by molar-refractivity contribution is 0.291. The van der Waals surface area contributed by atoms with Gasteiger partial charge in [-0.15, -0.1) is 24.8 Å². The molecule has 0 N–H and O–H groups in total. The van der Waals surface area contributed by atoms with Gasteiger partial charge in [0, 0.05) is 36.2 Å². The number of hydrogen-bond donors (Lipinski definition) is 0. The summed E-state index contributed by atoms with van der Waals surface area (Å²) in [4.78, 5) is 5.01. The molecule has 3 rings (SSSR count). The van der Waals surface area contributed by atoms with Crippen LogP contribution in [0.15, 0.2) is 30.5 Å². The van der Waals surface area contributed by atoms with Gasteiger partial charge in [0.1, 0.15) is 0 Å². The molecule has 1 aromatic heterocycles. The van der Waals surface area contributed by atoms with Gasteiger partial charge in [0.05, 0.1) is 0 Å². The Kier molecular flexibility index (Phi) is 8.58. The van der Waals surface area contributed by atoms with E-state index in [2.05, 4.69) is 65.7 Å². The van der Waals surface area contributed by atoms with Crippen molar-refractivity contribution in [1.82, 2.24) is 14.4 Å². The maximum atomic E-state index is 2.51. The SMILES string of the molecule is CCN(CC)CCn1cc(C2CCCN2C)c2ccccc21.Cl.Cl. The van der Waals surface area contributed by atoms with Crippen LogP contribution in [0.1, 0.15) is 38.3 Å². The highest BCUT2D eigenvalue weighted by atomic mass is 35.5. The minimum atomic E-state index is 0. The van der Waals surface area contributed by atoms with Gasteiger partial charge in [-0.25, -0.2) is 0 Å². The second-order valence-corrected chi connectivity index (χ2v) is 6.46. The smallest absolute Gasteiger partial charge is 0.0484 e. The number of nitrogens with zero attached hydrogens (tertiary/aromatic N) is 3. The van der Waals surface area contributed by atoms with Crippen molar-refractivity contribution in [2.75, 3.05) is 33.2 Å². The molecule has 1 unspecified atom stereocenters. The Hall–Kier alpha value is -0.740. The molecule has 1 aromatic carbocycles. The summed E-state index contributed by atoms with van der Waals surface area (Å²) in [6.45, 7) is 10.2. The zero-order chi connectivity index (χ0) is 15.5. The van der Waals surface area contributed by atoms with Gasteiger partial charge in [0.2, 0.25) is 0 Å². The number of aromatic nitrogens is 1. The van der Waals surface area contributed by atoms with Crippen LogP contribution in [-0.4, -0.2) is 47.6 Å². The van der Waals surface area contributed by atoms with E-state index in [1.54, 1.807) is 0 Å². The number of benzene rings is 1. The van der Waals surface area contributed by atoms with Crippen LogP contribution in [0.3, 0.4) is 0 Å². The van der Waals surface area contributed by atoms with Gasteiger partial charge >= 0.3 is 0 Å². The van der Waals surface area contributed by atoms with Crippen LogP contribution in [0.25, 0.3) is 10.9 Å². The van der Waals surface area contributed by atoms with Crippen LogP contribution in [-0.2, 0) is 6.54 Å². The fourth-order valence-corrected chi connectivity index (χ4v) is 3.82. The highest BCUT2D eigenvalue weighted by Gasteiger charge is 2.25. The minimum Gasteiger partial charge on any atom is -0.346 e. The molecule has 0 aliphatic carbocycles. The second kappa shape index (κ2) is 9.67. The summed E-state index contributed by atoms with van der Waals surface area (Å²) >= 11 is 0. The first-order valence-corrected chi connectivity index (χ1v) is 8.75. The third-order valence-corrected chi connectivity index (χ3v) is 5.25. The van der Waals surface area contributed by atoms with Crippen LogP contribution < -0.4 is 0 Å². The molecule has 0 saturated carbocycles. The van der Waals surface area contributed by atoms with Crippen LogP contribution >= 0.6 is 24.8 Å². The van der Waals surface area contributed by atoms with Crippen molar-refractivity contribution in [2.45, 2.75) is 39.3 Å². The Morgan fingerprint density at radius 2 is 1.83 bits per heavy atom. The highest BCUT2D eigenvalue weighted by Crippen LogP contribution is 2.35. The highest BCUT2D eigenvalue weighted by molar-refractivity contribution is 5.86. The lowest BCUT2D eigenvalue weighted by Crippen LogP contribution is -2.26. The minimum absolute atomic E-state index is 0. The molecule has 0 bridgehead atoms. The van der Waals surface area contributed by atoms with Crippen molar-refractivity contribution in [2.24, 2.45) is 0 Å². The van der Waals surface area contributed by atoms with Gasteiger partial charge in [0.15, 0.2) is 0 Å². The normalized spacial score (nSPS) is 17.9. The Morgan fingerprint density at radius 1 is 1.12 bits per heavy atom. The van der Waals surface area contributed by atoms with Crippen molar-refractivity contribution in [3.63, 3.8) is 0 Å². The van der Waals surface area contributed by atoms with E-state index in [4.69, 9.17) is 0 Å². The molecule has 3 nitrogen and oxygen atoms in total. The van der Waals surface area contributed by atoms with Gasteiger partial charge < -0.3 is 9.47 Å². The monoisotopic (exact) mass is 371 g/mol. The topological polar surface area (TPSA) is 11.4 Å². The van der Waals surface area contributed by atoms with Crippen LogP contribution in [0.4, 0.5) is 0 Å². The molecule has 1 aliphatic heterocycles. The average Bonchev–Trinajstić information content (AvgIpc) is 3.12. The van der Waals surface area contributed by atoms with Crippen LogP contribution in [0, 0.1) is 0 Å². The Balaban J connectivity index is 0.00000144. The van der Waals surface area contributed by atoms with Crippen molar-refractivity contribution in [3.8, 4) is 0 Å². The fourth-order valence-electron chi connectivity index (χ4n) is 3.82. The van der Waals surface area contributed by atoms with Crippen molar-refractivity contribution in [1.29, 1.82) is 0 Å². The van der Waals surface area contributed by atoms with E-state index in [0.29, 0.717) is 6.04 Å². The summed E-state index contributed by atoms with van der Waals surface area (Å²) in [5.74, 6) is 0. The Bertz CT molecular complexity index is 622. The molecule has 1 atom stereocenters. The molecular weight excluding hydrogens is 341 g/mol. The summed E-state index contributed by atoms with van der Waals surface area (Å²) in [5, 5.41) is 1.45. The molecule has 136 valence electrons. The van der Waals surface area contributed by atoms with E-state index in [9.17, 15) is 0 Å². The van der Waals surface area contributed by atoms with E-state index in [0.717, 1.165) is 26.2 Å². The Labute approximate surface area is 158 Å². The molecule has 0 spiro atoms. The summed E-state index contributed by atoms with van der Waals surface area (Å²) < 4.78 is 2.47. The zero-order valence-electron chi connectivity index (χ0n) is 15.1. The van der Waals surface area contributed by atoms with Crippen molar-refractivity contribution in [3.05, 3.63) is 36.0 Å². The largest absolute Gasteiger partial charge is 0.346 e. The number of halogens is 2. The molecule has 2 heterocycles.